The van der Waals surface area contributed by atoms with Crippen LogP contribution in [-0.2, 0) is 14.3 Å². The average Bonchev–Trinajstić information content (AvgIpc) is 2.66. The zero-order valence-electron chi connectivity index (χ0n) is 15.0. The van der Waals surface area contributed by atoms with Crippen LogP contribution in [0.4, 0.5) is 10.5 Å². The molecule has 0 saturated carbocycles. The summed E-state index contributed by atoms with van der Waals surface area (Å²) in [5.74, 6) is -1.29. The van der Waals surface area contributed by atoms with Crippen LogP contribution in [0, 0.1) is 0 Å². The number of anilines is 1. The molecule has 2 aromatic carbocycles. The Hall–Kier alpha value is -2.84. The summed E-state index contributed by atoms with van der Waals surface area (Å²) in [6.45, 7) is 1.97. The third-order valence-corrected chi connectivity index (χ3v) is 4.13. The van der Waals surface area contributed by atoms with Crippen molar-refractivity contribution in [3.05, 3.63) is 70.7 Å². The van der Waals surface area contributed by atoms with Crippen LogP contribution in [0.5, 0.6) is 5.75 Å². The van der Waals surface area contributed by atoms with Gasteiger partial charge in [-0.1, -0.05) is 34.1 Å². The first-order valence-corrected chi connectivity index (χ1v) is 9.23. The number of hydrogen-bond donors (Lipinski definition) is 3. The van der Waals surface area contributed by atoms with Crippen LogP contribution in [-0.4, -0.2) is 35.0 Å². The highest BCUT2D eigenvalue weighted by atomic mass is 79.9. The third kappa shape index (κ3) is 6.40. The highest BCUT2D eigenvalue weighted by Crippen LogP contribution is 2.34. The molecule has 0 fully saturated rings. The van der Waals surface area contributed by atoms with E-state index in [-0.39, 0.29) is 17.9 Å². The van der Waals surface area contributed by atoms with E-state index in [1.54, 1.807) is 49.4 Å². The highest BCUT2D eigenvalue weighted by Gasteiger charge is 2.29. The Morgan fingerprint density at radius 3 is 2.57 bits per heavy atom. The van der Waals surface area contributed by atoms with Gasteiger partial charge in [0.1, 0.15) is 11.9 Å². The Kier molecular flexibility index (Phi) is 8.03. The van der Waals surface area contributed by atoms with Crippen molar-refractivity contribution in [3.63, 3.8) is 0 Å². The second-order valence-corrected chi connectivity index (χ2v) is 6.55. The normalized spacial score (nSPS) is 13.1. The molecule has 28 heavy (non-hydrogen) atoms. The quantitative estimate of drug-likeness (QED) is 0.512. The van der Waals surface area contributed by atoms with Gasteiger partial charge >= 0.3 is 12.1 Å². The minimum atomic E-state index is -1.17. The number of carboxylic acid groups (broad SMARTS) is 1. The topological polar surface area (TPSA) is 105 Å². The molecule has 0 radical (unpaired) electrons. The summed E-state index contributed by atoms with van der Waals surface area (Å²) in [5, 5.41) is 21.8. The van der Waals surface area contributed by atoms with Gasteiger partial charge in [-0.15, -0.1) is 0 Å². The molecule has 0 heterocycles. The SMILES string of the molecule is CCO[C@H](/C=C/C(=O)O)[C@H](OC(=O)Nc1ccccc1)c1cc(Br)ccc1O. The number of aliphatic carboxylic acids is 1. The number of carboxylic acids is 1. The van der Waals surface area contributed by atoms with Crippen molar-refractivity contribution < 1.29 is 29.3 Å². The van der Waals surface area contributed by atoms with E-state index in [1.165, 1.54) is 12.1 Å². The fraction of sp³-hybridized carbons (Fsp3) is 0.200. The zero-order valence-corrected chi connectivity index (χ0v) is 16.6. The van der Waals surface area contributed by atoms with Crippen molar-refractivity contribution in [1.29, 1.82) is 0 Å². The number of carbonyl (C=O) groups is 2. The number of rotatable bonds is 8. The average molecular weight is 450 g/mol. The molecule has 2 rings (SSSR count). The lowest BCUT2D eigenvalue weighted by molar-refractivity contribution is -0.131. The van der Waals surface area contributed by atoms with Crippen LogP contribution in [0.1, 0.15) is 18.6 Å². The lowest BCUT2D eigenvalue weighted by atomic mass is 10.0. The van der Waals surface area contributed by atoms with E-state index in [2.05, 4.69) is 21.2 Å². The van der Waals surface area contributed by atoms with Gasteiger partial charge in [0.15, 0.2) is 6.10 Å². The van der Waals surface area contributed by atoms with Crippen molar-refractivity contribution >= 4 is 33.7 Å². The van der Waals surface area contributed by atoms with Crippen LogP contribution in [0.3, 0.4) is 0 Å². The minimum absolute atomic E-state index is 0.117. The third-order valence-electron chi connectivity index (χ3n) is 3.64. The Morgan fingerprint density at radius 1 is 1.21 bits per heavy atom. The smallest absolute Gasteiger partial charge is 0.412 e. The molecule has 7 nitrogen and oxygen atoms in total. The van der Waals surface area contributed by atoms with E-state index in [0.29, 0.717) is 10.2 Å². The van der Waals surface area contributed by atoms with Gasteiger partial charge in [0.05, 0.1) is 0 Å². The van der Waals surface area contributed by atoms with Gasteiger partial charge in [-0.2, -0.15) is 0 Å². The van der Waals surface area contributed by atoms with Gasteiger partial charge in [0.25, 0.3) is 0 Å². The molecule has 0 spiro atoms. The molecule has 148 valence electrons. The maximum absolute atomic E-state index is 12.4. The van der Waals surface area contributed by atoms with Crippen LogP contribution in [0.2, 0.25) is 0 Å². The Bertz CT molecular complexity index is 840. The van der Waals surface area contributed by atoms with Gasteiger partial charge in [0, 0.05) is 28.4 Å². The van der Waals surface area contributed by atoms with Crippen molar-refractivity contribution in [1.82, 2.24) is 0 Å². The molecule has 0 aliphatic heterocycles. The molecule has 2 atom stereocenters. The number of halogens is 1. The standard InChI is InChI=1S/C20H20BrNO6/c1-2-27-17(10-11-18(24)25)19(15-12-13(21)8-9-16(15)23)28-20(26)22-14-6-4-3-5-7-14/h3-12,17,19,23H,2H2,1H3,(H,22,26)(H,24,25)/b11-10+/t17-,19-/m1/s1. The van der Waals surface area contributed by atoms with E-state index >= 15 is 0 Å². The number of phenols is 1. The number of benzene rings is 2. The molecule has 0 aliphatic rings. The summed E-state index contributed by atoms with van der Waals surface area (Å²) < 4.78 is 11.7. The van der Waals surface area contributed by atoms with Crippen LogP contribution in [0.15, 0.2) is 65.2 Å². The second-order valence-electron chi connectivity index (χ2n) is 5.64. The van der Waals surface area contributed by atoms with Gasteiger partial charge < -0.3 is 19.7 Å². The number of amides is 1. The van der Waals surface area contributed by atoms with Crippen molar-refractivity contribution in [2.75, 3.05) is 11.9 Å². The molecule has 8 heteroatoms. The van der Waals surface area contributed by atoms with Gasteiger partial charge in [-0.3, -0.25) is 5.32 Å². The monoisotopic (exact) mass is 449 g/mol. The molecule has 0 aliphatic carbocycles. The second kappa shape index (κ2) is 10.5. The van der Waals surface area contributed by atoms with Crippen LogP contribution in [0.25, 0.3) is 0 Å². The molecule has 1 amide bonds. The number of aromatic hydroxyl groups is 1. The van der Waals surface area contributed by atoms with Crippen LogP contribution >= 0.6 is 15.9 Å². The molecule has 2 aromatic rings. The summed E-state index contributed by atoms with van der Waals surface area (Å²) in [6.07, 6.45) is -0.614. The summed E-state index contributed by atoms with van der Waals surface area (Å²) in [6, 6.07) is 13.3. The molecule has 3 N–H and O–H groups in total. The molecule has 0 aromatic heterocycles. The van der Waals surface area contributed by atoms with E-state index in [1.807, 2.05) is 0 Å². The van der Waals surface area contributed by atoms with Gasteiger partial charge in [-0.05, 0) is 43.3 Å². The Labute approximate surface area is 170 Å². The first-order chi connectivity index (χ1) is 13.4. The highest BCUT2D eigenvalue weighted by molar-refractivity contribution is 9.10. The largest absolute Gasteiger partial charge is 0.508 e. The first kappa shape index (κ1) is 21.5. The summed E-state index contributed by atoms with van der Waals surface area (Å²) in [5.41, 5.74) is 0.796. The molecular formula is C20H20BrNO6. The lowest BCUT2D eigenvalue weighted by Crippen LogP contribution is -2.28. The number of ether oxygens (including phenoxy) is 2. The van der Waals surface area contributed by atoms with E-state index in [9.17, 15) is 14.7 Å². The Balaban J connectivity index is 2.35. The fourth-order valence-electron chi connectivity index (χ4n) is 2.46. The minimum Gasteiger partial charge on any atom is -0.508 e. The molecule has 0 bridgehead atoms. The summed E-state index contributed by atoms with van der Waals surface area (Å²) in [4.78, 5) is 23.3. The van der Waals surface area contributed by atoms with Crippen LogP contribution < -0.4 is 5.32 Å². The maximum atomic E-state index is 12.4. The number of nitrogens with one attached hydrogen (secondary N) is 1. The Morgan fingerprint density at radius 2 is 1.93 bits per heavy atom. The van der Waals surface area contributed by atoms with Crippen molar-refractivity contribution in [2.45, 2.75) is 19.1 Å². The fourth-order valence-corrected chi connectivity index (χ4v) is 2.84. The van der Waals surface area contributed by atoms with E-state index < -0.39 is 24.3 Å². The summed E-state index contributed by atoms with van der Waals surface area (Å²) in [7, 11) is 0. The van der Waals surface area contributed by atoms with Crippen molar-refractivity contribution in [3.8, 4) is 5.75 Å². The maximum Gasteiger partial charge on any atom is 0.412 e. The van der Waals surface area contributed by atoms with Gasteiger partial charge in [0.2, 0.25) is 0 Å². The zero-order chi connectivity index (χ0) is 20.5. The summed E-state index contributed by atoms with van der Waals surface area (Å²) >= 11 is 3.31. The van der Waals surface area contributed by atoms with Crippen molar-refractivity contribution in [2.24, 2.45) is 0 Å². The number of para-hydroxylation sites is 1. The van der Waals surface area contributed by atoms with E-state index in [0.717, 1.165) is 6.08 Å². The molecule has 0 saturated heterocycles. The van der Waals surface area contributed by atoms with Gasteiger partial charge in [-0.25, -0.2) is 9.59 Å². The van der Waals surface area contributed by atoms with E-state index in [4.69, 9.17) is 14.6 Å². The number of carbonyl (C=O) groups excluding carboxylic acids is 1. The number of phenolic OH excluding ortho intramolecular Hbond substituents is 1. The lowest BCUT2D eigenvalue weighted by Gasteiger charge is -2.26. The molecular weight excluding hydrogens is 430 g/mol. The predicted molar refractivity (Wildman–Crippen MR) is 107 cm³/mol. The number of hydrogen-bond acceptors (Lipinski definition) is 5. The predicted octanol–water partition coefficient (Wildman–Crippen LogP) is 4.49. The first-order valence-electron chi connectivity index (χ1n) is 8.44. The molecule has 0 unspecified atom stereocenters.